The Morgan fingerprint density at radius 2 is 2.12 bits per heavy atom. The van der Waals surface area contributed by atoms with Crippen LogP contribution in [0.4, 0.5) is 0 Å². The maximum atomic E-state index is 5.91. The Morgan fingerprint density at radius 1 is 1.38 bits per heavy atom. The Balaban J connectivity index is 2.73. The van der Waals surface area contributed by atoms with Gasteiger partial charge in [-0.3, -0.25) is 0 Å². The van der Waals surface area contributed by atoms with E-state index in [9.17, 15) is 0 Å². The lowest BCUT2D eigenvalue weighted by molar-refractivity contribution is 0.128. The normalized spacial score (nSPS) is 12.8. The number of hydrogen-bond acceptors (Lipinski definition) is 4. The summed E-state index contributed by atoms with van der Waals surface area (Å²) in [5.74, 6) is 0.750. The lowest BCUT2D eigenvalue weighted by Crippen LogP contribution is -2.22. The zero-order valence-corrected chi connectivity index (χ0v) is 10.4. The molecular formula is C12H21N3O. The summed E-state index contributed by atoms with van der Waals surface area (Å²) in [6.07, 6.45) is 1.77. The quantitative estimate of drug-likeness (QED) is 0.795. The van der Waals surface area contributed by atoms with E-state index in [1.165, 1.54) is 0 Å². The molecule has 1 unspecified atom stereocenters. The van der Waals surface area contributed by atoms with Crippen LogP contribution in [0.15, 0.2) is 6.07 Å². The maximum absolute atomic E-state index is 5.91. The zero-order chi connectivity index (χ0) is 12.0. The third kappa shape index (κ3) is 4.24. The van der Waals surface area contributed by atoms with E-state index in [-0.39, 0.29) is 6.04 Å². The first-order valence-electron chi connectivity index (χ1n) is 5.82. The van der Waals surface area contributed by atoms with Crippen molar-refractivity contribution in [2.45, 2.75) is 46.3 Å². The third-order valence-electron chi connectivity index (χ3n) is 2.38. The maximum Gasteiger partial charge on any atom is 0.154 e. The summed E-state index contributed by atoms with van der Waals surface area (Å²) in [6, 6.07) is 2.17. The average molecular weight is 223 g/mol. The summed E-state index contributed by atoms with van der Waals surface area (Å²) in [6.45, 7) is 7.18. The van der Waals surface area contributed by atoms with E-state index in [1.54, 1.807) is 0 Å². The molecule has 0 amide bonds. The van der Waals surface area contributed by atoms with Gasteiger partial charge in [-0.1, -0.05) is 6.92 Å². The highest BCUT2D eigenvalue weighted by Crippen LogP contribution is 2.05. The molecule has 4 nitrogen and oxygen atoms in total. The number of aryl methyl sites for hydroxylation is 1. The molecule has 0 spiro atoms. The molecule has 0 bridgehead atoms. The van der Waals surface area contributed by atoms with Crippen LogP contribution in [0.3, 0.4) is 0 Å². The van der Waals surface area contributed by atoms with Gasteiger partial charge in [0.2, 0.25) is 0 Å². The van der Waals surface area contributed by atoms with Crippen LogP contribution in [0.1, 0.15) is 37.5 Å². The number of hydrogen-bond donors (Lipinski definition) is 1. The molecule has 1 aromatic rings. The van der Waals surface area contributed by atoms with Crippen molar-refractivity contribution in [2.75, 3.05) is 6.61 Å². The molecular weight excluding hydrogens is 202 g/mol. The summed E-state index contributed by atoms with van der Waals surface area (Å²) in [4.78, 5) is 8.77. The van der Waals surface area contributed by atoms with E-state index in [4.69, 9.17) is 10.5 Å². The SMILES string of the molecule is CCOCc1nc(C)cc(CC(N)CC)n1. The first-order chi connectivity index (χ1) is 7.65. The topological polar surface area (TPSA) is 61.0 Å². The molecule has 2 N–H and O–H groups in total. The second-order valence-electron chi connectivity index (χ2n) is 3.93. The van der Waals surface area contributed by atoms with Crippen molar-refractivity contribution in [1.29, 1.82) is 0 Å². The fourth-order valence-corrected chi connectivity index (χ4v) is 1.48. The molecule has 0 radical (unpaired) electrons. The fraction of sp³-hybridized carbons (Fsp3) is 0.667. The van der Waals surface area contributed by atoms with Crippen LogP contribution in [0.25, 0.3) is 0 Å². The molecule has 16 heavy (non-hydrogen) atoms. The van der Waals surface area contributed by atoms with Gasteiger partial charge in [-0.25, -0.2) is 9.97 Å². The highest BCUT2D eigenvalue weighted by atomic mass is 16.5. The lowest BCUT2D eigenvalue weighted by Gasteiger charge is -2.10. The highest BCUT2D eigenvalue weighted by Gasteiger charge is 2.06. The van der Waals surface area contributed by atoms with Crippen LogP contribution in [0.2, 0.25) is 0 Å². The van der Waals surface area contributed by atoms with Gasteiger partial charge in [0.15, 0.2) is 5.82 Å². The number of nitrogens with two attached hydrogens (primary N) is 1. The van der Waals surface area contributed by atoms with Crippen LogP contribution in [-0.2, 0) is 17.8 Å². The molecule has 4 heteroatoms. The van der Waals surface area contributed by atoms with Crippen molar-refractivity contribution < 1.29 is 4.74 Å². The first-order valence-corrected chi connectivity index (χ1v) is 5.82. The second kappa shape index (κ2) is 6.55. The van der Waals surface area contributed by atoms with Gasteiger partial charge in [0, 0.05) is 30.5 Å². The predicted octanol–water partition coefficient (Wildman–Crippen LogP) is 1.60. The highest BCUT2D eigenvalue weighted by molar-refractivity contribution is 5.11. The van der Waals surface area contributed by atoms with Gasteiger partial charge in [-0.15, -0.1) is 0 Å². The van der Waals surface area contributed by atoms with Gasteiger partial charge in [0.05, 0.1) is 0 Å². The Labute approximate surface area is 97.2 Å². The molecule has 0 aliphatic rings. The van der Waals surface area contributed by atoms with E-state index in [1.807, 2.05) is 19.9 Å². The van der Waals surface area contributed by atoms with Gasteiger partial charge in [-0.05, 0) is 26.3 Å². The van der Waals surface area contributed by atoms with Crippen LogP contribution in [-0.4, -0.2) is 22.6 Å². The Hall–Kier alpha value is -1.00. The first kappa shape index (κ1) is 13.1. The summed E-state index contributed by atoms with van der Waals surface area (Å²) in [7, 11) is 0. The minimum Gasteiger partial charge on any atom is -0.374 e. The van der Waals surface area contributed by atoms with Gasteiger partial charge in [0.25, 0.3) is 0 Å². The van der Waals surface area contributed by atoms with E-state index >= 15 is 0 Å². The number of ether oxygens (including phenoxy) is 1. The molecule has 1 rings (SSSR count). The van der Waals surface area contributed by atoms with Crippen LogP contribution in [0, 0.1) is 6.92 Å². The molecule has 1 aromatic heterocycles. The number of aromatic nitrogens is 2. The standard InChI is InChI=1S/C12H21N3O/c1-4-10(13)7-11-6-9(3)14-12(15-11)8-16-5-2/h6,10H,4-5,7-8,13H2,1-3H3. The number of rotatable bonds is 6. The zero-order valence-electron chi connectivity index (χ0n) is 10.4. The van der Waals surface area contributed by atoms with Gasteiger partial charge in [-0.2, -0.15) is 0 Å². The fourth-order valence-electron chi connectivity index (χ4n) is 1.48. The van der Waals surface area contributed by atoms with Crippen LogP contribution in [0.5, 0.6) is 0 Å². The lowest BCUT2D eigenvalue weighted by atomic mass is 10.1. The van der Waals surface area contributed by atoms with E-state index < -0.39 is 0 Å². The third-order valence-corrected chi connectivity index (χ3v) is 2.38. The monoisotopic (exact) mass is 223 g/mol. The van der Waals surface area contributed by atoms with Crippen molar-refractivity contribution in [3.63, 3.8) is 0 Å². The molecule has 0 aliphatic carbocycles. The Morgan fingerprint density at radius 3 is 2.75 bits per heavy atom. The van der Waals surface area contributed by atoms with Crippen molar-refractivity contribution in [1.82, 2.24) is 9.97 Å². The van der Waals surface area contributed by atoms with Crippen molar-refractivity contribution in [2.24, 2.45) is 5.73 Å². The van der Waals surface area contributed by atoms with Gasteiger partial charge in [0.1, 0.15) is 6.61 Å². The molecule has 0 saturated heterocycles. The molecule has 1 atom stereocenters. The van der Waals surface area contributed by atoms with Crippen LogP contribution < -0.4 is 5.73 Å². The van der Waals surface area contributed by atoms with Gasteiger partial charge < -0.3 is 10.5 Å². The van der Waals surface area contributed by atoms with Crippen LogP contribution >= 0.6 is 0 Å². The number of nitrogens with zero attached hydrogens (tertiary/aromatic N) is 2. The van der Waals surface area contributed by atoms with Gasteiger partial charge >= 0.3 is 0 Å². The van der Waals surface area contributed by atoms with E-state index in [2.05, 4.69) is 16.9 Å². The Kier molecular flexibility index (Phi) is 5.35. The smallest absolute Gasteiger partial charge is 0.154 e. The summed E-state index contributed by atoms with van der Waals surface area (Å²) < 4.78 is 5.30. The average Bonchev–Trinajstić information content (AvgIpc) is 2.25. The predicted molar refractivity (Wildman–Crippen MR) is 64.1 cm³/mol. The van der Waals surface area contributed by atoms with Crippen molar-refractivity contribution >= 4 is 0 Å². The molecule has 90 valence electrons. The van der Waals surface area contributed by atoms with Crippen molar-refractivity contribution in [3.8, 4) is 0 Å². The molecule has 0 fully saturated rings. The summed E-state index contributed by atoms with van der Waals surface area (Å²) in [5, 5.41) is 0. The second-order valence-corrected chi connectivity index (χ2v) is 3.93. The minimum atomic E-state index is 0.175. The van der Waals surface area contributed by atoms with E-state index in [0.717, 1.165) is 30.1 Å². The van der Waals surface area contributed by atoms with E-state index in [0.29, 0.717) is 13.2 Å². The molecule has 0 saturated carbocycles. The molecule has 0 aromatic carbocycles. The summed E-state index contributed by atoms with van der Waals surface area (Å²) in [5.41, 5.74) is 7.90. The molecule has 1 heterocycles. The summed E-state index contributed by atoms with van der Waals surface area (Å²) >= 11 is 0. The largest absolute Gasteiger partial charge is 0.374 e. The molecule has 0 aliphatic heterocycles. The Bertz CT molecular complexity index is 328. The minimum absolute atomic E-state index is 0.175. The van der Waals surface area contributed by atoms with Crippen molar-refractivity contribution in [3.05, 3.63) is 23.3 Å².